The third-order valence-electron chi connectivity index (χ3n) is 4.97. The number of hydrogen-bond donors (Lipinski definition) is 1. The van der Waals surface area contributed by atoms with Gasteiger partial charge in [-0.3, -0.25) is 4.79 Å². The number of amides is 1. The Bertz CT molecular complexity index is 1020. The van der Waals surface area contributed by atoms with Crippen LogP contribution in [0.15, 0.2) is 54.6 Å². The molecule has 0 saturated carbocycles. The van der Waals surface area contributed by atoms with Crippen LogP contribution in [0.2, 0.25) is 0 Å². The number of carbonyl (C=O) groups is 1. The van der Waals surface area contributed by atoms with Crippen molar-refractivity contribution in [2.75, 3.05) is 5.32 Å². The fourth-order valence-corrected chi connectivity index (χ4v) is 3.56. The van der Waals surface area contributed by atoms with Gasteiger partial charge >= 0.3 is 0 Å². The van der Waals surface area contributed by atoms with Gasteiger partial charge in [-0.2, -0.15) is 0 Å². The number of aryl methyl sites for hydroxylation is 2. The average Bonchev–Trinajstić information content (AvgIpc) is 2.95. The van der Waals surface area contributed by atoms with Gasteiger partial charge < -0.3 is 9.88 Å². The van der Waals surface area contributed by atoms with E-state index in [1.807, 2.05) is 61.5 Å². The van der Waals surface area contributed by atoms with Crippen LogP contribution in [0, 0.1) is 6.92 Å². The van der Waals surface area contributed by atoms with Crippen LogP contribution in [0.5, 0.6) is 0 Å². The summed E-state index contributed by atoms with van der Waals surface area (Å²) in [6.07, 6.45) is 7.91. The van der Waals surface area contributed by atoms with E-state index < -0.39 is 0 Å². The zero-order valence-corrected chi connectivity index (χ0v) is 16.1. The van der Waals surface area contributed by atoms with Crippen LogP contribution >= 0.6 is 0 Å². The molecule has 5 nitrogen and oxygen atoms in total. The Kier molecular flexibility index (Phi) is 5.33. The number of aromatic nitrogens is 3. The first-order valence-electron chi connectivity index (χ1n) is 9.77. The lowest BCUT2D eigenvalue weighted by Gasteiger charge is -2.09. The first-order chi connectivity index (χ1) is 13.7. The molecule has 1 aromatic heterocycles. The highest BCUT2D eigenvalue weighted by Crippen LogP contribution is 2.24. The minimum absolute atomic E-state index is 0.154. The molecule has 142 valence electrons. The van der Waals surface area contributed by atoms with Crippen molar-refractivity contribution in [1.82, 2.24) is 14.8 Å². The van der Waals surface area contributed by atoms with E-state index >= 15 is 0 Å². The quantitative estimate of drug-likeness (QED) is 0.679. The summed E-state index contributed by atoms with van der Waals surface area (Å²) in [6, 6.07) is 15.8. The summed E-state index contributed by atoms with van der Waals surface area (Å²) in [5.41, 5.74) is 3.90. The molecule has 0 saturated heterocycles. The predicted molar refractivity (Wildman–Crippen MR) is 112 cm³/mol. The van der Waals surface area contributed by atoms with Crippen molar-refractivity contribution < 1.29 is 4.79 Å². The van der Waals surface area contributed by atoms with E-state index in [9.17, 15) is 4.79 Å². The number of benzene rings is 2. The number of nitrogens with zero attached hydrogens (tertiary/aromatic N) is 3. The minimum atomic E-state index is -0.154. The highest BCUT2D eigenvalue weighted by Gasteiger charge is 2.16. The SMILES string of the molecule is Cc1cccc(/C=C/C(=O)Nc2cccc(-c3nnc4n3CCCCC4)c2)c1. The van der Waals surface area contributed by atoms with Crippen LogP contribution < -0.4 is 5.32 Å². The maximum absolute atomic E-state index is 12.3. The summed E-state index contributed by atoms with van der Waals surface area (Å²) in [6.45, 7) is 2.99. The first-order valence-corrected chi connectivity index (χ1v) is 9.77. The first kappa shape index (κ1) is 18.2. The number of anilines is 1. The number of carbonyl (C=O) groups excluding carboxylic acids is 1. The maximum atomic E-state index is 12.3. The van der Waals surface area contributed by atoms with Gasteiger partial charge in [-0.05, 0) is 43.5 Å². The number of hydrogen-bond acceptors (Lipinski definition) is 3. The summed E-state index contributed by atoms with van der Waals surface area (Å²) >= 11 is 0. The third-order valence-corrected chi connectivity index (χ3v) is 4.97. The van der Waals surface area contributed by atoms with E-state index in [1.54, 1.807) is 6.08 Å². The molecule has 2 aromatic carbocycles. The smallest absolute Gasteiger partial charge is 0.248 e. The molecular weight excluding hydrogens is 348 g/mol. The lowest BCUT2D eigenvalue weighted by Crippen LogP contribution is -2.08. The Balaban J connectivity index is 1.50. The molecule has 1 amide bonds. The van der Waals surface area contributed by atoms with Gasteiger partial charge in [0.25, 0.3) is 0 Å². The molecule has 5 heteroatoms. The van der Waals surface area contributed by atoms with Crippen molar-refractivity contribution in [3.05, 3.63) is 71.6 Å². The fraction of sp³-hybridized carbons (Fsp3) is 0.261. The molecule has 28 heavy (non-hydrogen) atoms. The molecule has 3 aromatic rings. The van der Waals surface area contributed by atoms with Crippen LogP contribution in [0.4, 0.5) is 5.69 Å². The Hall–Kier alpha value is -3.21. The van der Waals surface area contributed by atoms with Gasteiger partial charge in [0.15, 0.2) is 5.82 Å². The van der Waals surface area contributed by atoms with Gasteiger partial charge in [0, 0.05) is 30.3 Å². The normalized spacial score (nSPS) is 13.9. The van der Waals surface area contributed by atoms with E-state index in [4.69, 9.17) is 0 Å². The molecule has 0 spiro atoms. The van der Waals surface area contributed by atoms with Crippen molar-refractivity contribution in [1.29, 1.82) is 0 Å². The van der Waals surface area contributed by atoms with Gasteiger partial charge in [0.05, 0.1) is 0 Å². The lowest BCUT2D eigenvalue weighted by molar-refractivity contribution is -0.111. The van der Waals surface area contributed by atoms with Gasteiger partial charge in [-0.1, -0.05) is 48.4 Å². The summed E-state index contributed by atoms with van der Waals surface area (Å²) in [5.74, 6) is 1.78. The molecule has 0 aliphatic carbocycles. The molecule has 0 unspecified atom stereocenters. The van der Waals surface area contributed by atoms with E-state index in [0.717, 1.165) is 47.8 Å². The fourth-order valence-electron chi connectivity index (χ4n) is 3.56. The monoisotopic (exact) mass is 372 g/mol. The molecule has 0 atom stereocenters. The van der Waals surface area contributed by atoms with Gasteiger partial charge in [0.1, 0.15) is 5.82 Å². The minimum Gasteiger partial charge on any atom is -0.322 e. The van der Waals surface area contributed by atoms with Crippen LogP contribution in [-0.2, 0) is 17.8 Å². The molecule has 1 aliphatic rings. The number of nitrogens with one attached hydrogen (secondary N) is 1. The van der Waals surface area contributed by atoms with Crippen LogP contribution in [0.25, 0.3) is 17.5 Å². The molecule has 4 rings (SSSR count). The van der Waals surface area contributed by atoms with Gasteiger partial charge in [0.2, 0.25) is 5.91 Å². The Morgan fingerprint density at radius 1 is 1.07 bits per heavy atom. The highest BCUT2D eigenvalue weighted by atomic mass is 16.1. The molecule has 0 fully saturated rings. The Morgan fingerprint density at radius 3 is 2.86 bits per heavy atom. The van der Waals surface area contributed by atoms with E-state index in [1.165, 1.54) is 18.4 Å². The van der Waals surface area contributed by atoms with E-state index in [-0.39, 0.29) is 5.91 Å². The number of fused-ring (bicyclic) bond motifs is 1. The summed E-state index contributed by atoms with van der Waals surface area (Å²) in [5, 5.41) is 11.7. The Labute approximate surface area is 165 Å². The number of rotatable bonds is 4. The van der Waals surface area contributed by atoms with E-state index in [0.29, 0.717) is 0 Å². The average molecular weight is 372 g/mol. The molecule has 1 N–H and O–H groups in total. The van der Waals surface area contributed by atoms with Crippen molar-refractivity contribution in [2.24, 2.45) is 0 Å². The van der Waals surface area contributed by atoms with E-state index in [2.05, 4.69) is 20.1 Å². The summed E-state index contributed by atoms with van der Waals surface area (Å²) in [7, 11) is 0. The zero-order valence-electron chi connectivity index (χ0n) is 16.1. The zero-order chi connectivity index (χ0) is 19.3. The Morgan fingerprint density at radius 2 is 1.96 bits per heavy atom. The summed E-state index contributed by atoms with van der Waals surface area (Å²) in [4.78, 5) is 12.3. The van der Waals surface area contributed by atoms with Crippen molar-refractivity contribution in [2.45, 2.75) is 39.2 Å². The lowest BCUT2D eigenvalue weighted by atomic mass is 10.1. The van der Waals surface area contributed by atoms with Crippen molar-refractivity contribution >= 4 is 17.7 Å². The third kappa shape index (κ3) is 4.19. The molecule has 2 heterocycles. The van der Waals surface area contributed by atoms with Gasteiger partial charge in [-0.25, -0.2) is 0 Å². The topological polar surface area (TPSA) is 59.8 Å². The molecule has 1 aliphatic heterocycles. The van der Waals surface area contributed by atoms with Crippen LogP contribution in [0.3, 0.4) is 0 Å². The maximum Gasteiger partial charge on any atom is 0.248 e. The second-order valence-corrected chi connectivity index (χ2v) is 7.22. The van der Waals surface area contributed by atoms with Crippen molar-refractivity contribution in [3.8, 4) is 11.4 Å². The molecular formula is C23H24N4O. The summed E-state index contributed by atoms with van der Waals surface area (Å²) < 4.78 is 2.21. The second-order valence-electron chi connectivity index (χ2n) is 7.22. The largest absolute Gasteiger partial charge is 0.322 e. The second kappa shape index (κ2) is 8.21. The highest BCUT2D eigenvalue weighted by molar-refractivity contribution is 6.02. The molecule has 0 radical (unpaired) electrons. The standard InChI is InChI=1S/C23H24N4O/c1-17-7-5-8-18(15-17)12-13-22(28)24-20-10-6-9-19(16-20)23-26-25-21-11-3-2-4-14-27(21)23/h5-10,12-13,15-16H,2-4,11,14H2,1H3,(H,24,28)/b13-12+. The van der Waals surface area contributed by atoms with Gasteiger partial charge in [-0.15, -0.1) is 10.2 Å². The predicted octanol–water partition coefficient (Wildman–Crippen LogP) is 4.63. The van der Waals surface area contributed by atoms with Crippen molar-refractivity contribution in [3.63, 3.8) is 0 Å². The molecule has 0 bridgehead atoms. The van der Waals surface area contributed by atoms with Crippen LogP contribution in [0.1, 0.15) is 36.2 Å². The van der Waals surface area contributed by atoms with Crippen LogP contribution in [-0.4, -0.2) is 20.7 Å².